The Kier molecular flexibility index (Phi) is 5.50. The van der Waals surface area contributed by atoms with E-state index in [1.807, 2.05) is 0 Å². The molecular weight excluding hydrogens is 244 g/mol. The number of hydrogen-bond donors (Lipinski definition) is 0. The van der Waals surface area contributed by atoms with Crippen molar-refractivity contribution < 1.29 is 0 Å². The summed E-state index contributed by atoms with van der Waals surface area (Å²) in [6.45, 7) is 22.8. The highest BCUT2D eigenvalue weighted by Crippen LogP contribution is 2.41. The van der Waals surface area contributed by atoms with Gasteiger partial charge in [-0.2, -0.15) is 0 Å². The van der Waals surface area contributed by atoms with Crippen molar-refractivity contribution >= 4 is 0 Å². The number of nitrogens with zero attached hydrogens (tertiary/aromatic N) is 2. The summed E-state index contributed by atoms with van der Waals surface area (Å²) in [5, 5.41) is 0. The van der Waals surface area contributed by atoms with Crippen molar-refractivity contribution in [2.45, 2.75) is 47.5 Å². The minimum absolute atomic E-state index is 0.414. The SMILES string of the molecule is C=C1C(=C)C(N(CC)CC)=C1N(C)CCCC(C)(C)C. The normalized spacial score (nSPS) is 15.5. The van der Waals surface area contributed by atoms with Crippen molar-refractivity contribution in [1.29, 1.82) is 0 Å². The Hall–Kier alpha value is -1.18. The van der Waals surface area contributed by atoms with Gasteiger partial charge in [0, 0.05) is 37.8 Å². The third-order valence-corrected chi connectivity index (χ3v) is 4.04. The van der Waals surface area contributed by atoms with Crippen LogP contribution in [0.2, 0.25) is 0 Å². The van der Waals surface area contributed by atoms with Crippen molar-refractivity contribution in [3.05, 3.63) is 35.7 Å². The standard InChI is InChI=1S/C18H32N2/c1-9-20(10-2)17-15(4)14(3)16(17)19(8)13-11-12-18(5,6)7/h3-4,9-13H2,1-2,5-8H3. The Bertz CT molecular complexity index is 406. The van der Waals surface area contributed by atoms with Crippen LogP contribution in [-0.2, 0) is 0 Å². The van der Waals surface area contributed by atoms with Crippen molar-refractivity contribution in [1.82, 2.24) is 9.80 Å². The molecule has 0 heterocycles. The number of likely N-dealkylation sites (N-methyl/N-ethyl adjacent to an activating group) is 2. The van der Waals surface area contributed by atoms with Gasteiger partial charge in [-0.25, -0.2) is 0 Å². The van der Waals surface area contributed by atoms with Gasteiger partial charge in [0.1, 0.15) is 0 Å². The fourth-order valence-electron chi connectivity index (χ4n) is 2.76. The average molecular weight is 276 g/mol. The molecule has 0 atom stereocenters. The quantitative estimate of drug-likeness (QED) is 0.679. The molecule has 114 valence electrons. The Morgan fingerprint density at radius 1 is 0.950 bits per heavy atom. The van der Waals surface area contributed by atoms with Crippen LogP contribution < -0.4 is 0 Å². The molecule has 0 N–H and O–H groups in total. The van der Waals surface area contributed by atoms with Crippen LogP contribution in [0.3, 0.4) is 0 Å². The molecular formula is C18H32N2. The molecule has 0 aromatic rings. The summed E-state index contributed by atoms with van der Waals surface area (Å²) < 4.78 is 0. The molecule has 0 fully saturated rings. The minimum atomic E-state index is 0.414. The van der Waals surface area contributed by atoms with Gasteiger partial charge in [0.2, 0.25) is 0 Å². The Morgan fingerprint density at radius 3 is 1.90 bits per heavy atom. The van der Waals surface area contributed by atoms with Gasteiger partial charge in [-0.15, -0.1) is 0 Å². The highest BCUT2D eigenvalue weighted by Gasteiger charge is 2.31. The summed E-state index contributed by atoms with van der Waals surface area (Å²) in [7, 11) is 2.18. The van der Waals surface area contributed by atoms with E-state index in [1.165, 1.54) is 24.2 Å². The van der Waals surface area contributed by atoms with Crippen molar-refractivity contribution in [2.75, 3.05) is 26.7 Å². The molecule has 2 nitrogen and oxygen atoms in total. The predicted octanol–water partition coefficient (Wildman–Crippen LogP) is 4.42. The number of allylic oxidation sites excluding steroid dienone is 2. The summed E-state index contributed by atoms with van der Waals surface area (Å²) in [4.78, 5) is 4.74. The molecule has 0 unspecified atom stereocenters. The topological polar surface area (TPSA) is 6.48 Å². The first kappa shape index (κ1) is 16.9. The maximum absolute atomic E-state index is 4.18. The van der Waals surface area contributed by atoms with E-state index >= 15 is 0 Å². The molecule has 1 rings (SSSR count). The molecule has 0 saturated heterocycles. The Morgan fingerprint density at radius 2 is 1.45 bits per heavy atom. The third-order valence-electron chi connectivity index (χ3n) is 4.04. The minimum Gasteiger partial charge on any atom is -0.372 e. The van der Waals surface area contributed by atoms with Crippen LogP contribution in [0.15, 0.2) is 35.7 Å². The zero-order valence-electron chi connectivity index (χ0n) is 14.3. The number of hydrogen-bond acceptors (Lipinski definition) is 2. The number of rotatable bonds is 7. The molecule has 1 aliphatic rings. The van der Waals surface area contributed by atoms with E-state index in [2.05, 4.69) is 64.6 Å². The van der Waals surface area contributed by atoms with Crippen LogP contribution in [-0.4, -0.2) is 36.5 Å². The van der Waals surface area contributed by atoms with Crippen LogP contribution in [0.4, 0.5) is 0 Å². The van der Waals surface area contributed by atoms with E-state index in [1.54, 1.807) is 0 Å². The Labute approximate surface area is 125 Å². The third kappa shape index (κ3) is 3.68. The van der Waals surface area contributed by atoms with E-state index < -0.39 is 0 Å². The van der Waals surface area contributed by atoms with Gasteiger partial charge in [-0.3, -0.25) is 0 Å². The highest BCUT2D eigenvalue weighted by atomic mass is 15.2. The predicted molar refractivity (Wildman–Crippen MR) is 89.5 cm³/mol. The Balaban J connectivity index is 2.76. The summed E-state index contributed by atoms with van der Waals surface area (Å²) in [6, 6.07) is 0. The lowest BCUT2D eigenvalue weighted by Gasteiger charge is -2.41. The summed E-state index contributed by atoms with van der Waals surface area (Å²) >= 11 is 0. The maximum atomic E-state index is 4.18. The van der Waals surface area contributed by atoms with Crippen LogP contribution in [0.25, 0.3) is 0 Å². The molecule has 0 aromatic heterocycles. The lowest BCUT2D eigenvalue weighted by Crippen LogP contribution is -2.37. The summed E-state index contributed by atoms with van der Waals surface area (Å²) in [5.74, 6) is 0. The van der Waals surface area contributed by atoms with Gasteiger partial charge in [0.15, 0.2) is 0 Å². The van der Waals surface area contributed by atoms with Crippen molar-refractivity contribution in [2.24, 2.45) is 5.41 Å². The van der Waals surface area contributed by atoms with Gasteiger partial charge in [-0.1, -0.05) is 33.9 Å². The molecule has 0 aromatic carbocycles. The molecule has 20 heavy (non-hydrogen) atoms. The lowest BCUT2D eigenvalue weighted by molar-refractivity contribution is 0.305. The van der Waals surface area contributed by atoms with Gasteiger partial charge >= 0.3 is 0 Å². The molecule has 0 aliphatic heterocycles. The van der Waals surface area contributed by atoms with Crippen molar-refractivity contribution in [3.8, 4) is 0 Å². The fourth-order valence-corrected chi connectivity index (χ4v) is 2.76. The highest BCUT2D eigenvalue weighted by molar-refractivity contribution is 5.66. The van der Waals surface area contributed by atoms with Crippen molar-refractivity contribution in [3.63, 3.8) is 0 Å². The molecule has 0 bridgehead atoms. The van der Waals surface area contributed by atoms with Gasteiger partial charge in [0.05, 0.1) is 11.4 Å². The van der Waals surface area contributed by atoms with E-state index in [9.17, 15) is 0 Å². The van der Waals surface area contributed by atoms with Gasteiger partial charge in [0.25, 0.3) is 0 Å². The fraction of sp³-hybridized carbons (Fsp3) is 0.667. The van der Waals surface area contributed by atoms with Gasteiger partial charge < -0.3 is 9.80 Å². The summed E-state index contributed by atoms with van der Waals surface area (Å²) in [5.41, 5.74) is 5.25. The second-order valence-corrected chi connectivity index (χ2v) is 6.91. The zero-order chi connectivity index (χ0) is 15.5. The lowest BCUT2D eigenvalue weighted by atomic mass is 9.86. The largest absolute Gasteiger partial charge is 0.372 e. The smallest absolute Gasteiger partial charge is 0.0684 e. The maximum Gasteiger partial charge on any atom is 0.0684 e. The van der Waals surface area contributed by atoms with Crippen LogP contribution in [0.1, 0.15) is 47.5 Å². The first-order valence-electron chi connectivity index (χ1n) is 7.82. The second kappa shape index (κ2) is 6.51. The zero-order valence-corrected chi connectivity index (χ0v) is 14.3. The molecule has 0 amide bonds. The molecule has 0 radical (unpaired) electrons. The molecule has 1 aliphatic carbocycles. The molecule has 2 heteroatoms. The first-order chi connectivity index (χ1) is 9.22. The average Bonchev–Trinajstić information content (AvgIpc) is 2.36. The van der Waals surface area contributed by atoms with E-state index in [-0.39, 0.29) is 0 Å². The van der Waals surface area contributed by atoms with E-state index in [4.69, 9.17) is 0 Å². The summed E-state index contributed by atoms with van der Waals surface area (Å²) in [6.07, 6.45) is 2.47. The van der Waals surface area contributed by atoms with Crippen LogP contribution in [0, 0.1) is 5.41 Å². The molecule has 0 saturated carbocycles. The van der Waals surface area contributed by atoms with E-state index in [0.29, 0.717) is 5.41 Å². The molecule has 0 spiro atoms. The van der Waals surface area contributed by atoms with Crippen LogP contribution in [0.5, 0.6) is 0 Å². The van der Waals surface area contributed by atoms with Crippen LogP contribution >= 0.6 is 0 Å². The monoisotopic (exact) mass is 276 g/mol. The first-order valence-corrected chi connectivity index (χ1v) is 7.82. The van der Waals surface area contributed by atoms with Gasteiger partial charge in [-0.05, 0) is 32.1 Å². The van der Waals surface area contributed by atoms with E-state index in [0.717, 1.165) is 30.8 Å². The second-order valence-electron chi connectivity index (χ2n) is 6.91.